The molecule has 58 valence electrons. The van der Waals surface area contributed by atoms with Gasteiger partial charge in [-0.15, -0.1) is 0 Å². The summed E-state index contributed by atoms with van der Waals surface area (Å²) in [6.45, 7) is 4.35. The zero-order valence-corrected chi connectivity index (χ0v) is 7.60. The fourth-order valence-electron chi connectivity index (χ4n) is 0.662. The van der Waals surface area contributed by atoms with Gasteiger partial charge in [0.15, 0.2) is 0 Å². The molecule has 0 unspecified atom stereocenters. The molecule has 0 fully saturated rings. The average Bonchev–Trinajstić information content (AvgIpc) is 1.88. The monoisotopic (exact) mass is 167 g/mol. The second-order valence-electron chi connectivity index (χ2n) is 2.34. The first-order chi connectivity index (χ1) is 4.70. The molecule has 4 heteroatoms. The van der Waals surface area contributed by atoms with Gasteiger partial charge in [0, 0.05) is 6.20 Å². The number of rotatable bonds is 1. The Kier molecular flexibility index (Phi) is 4.32. The van der Waals surface area contributed by atoms with Crippen LogP contribution in [0.4, 0.5) is 0 Å². The highest BCUT2D eigenvalue weighted by molar-refractivity contribution is 7.63. The molecule has 2 nitrogen and oxygen atoms in total. The van der Waals surface area contributed by atoms with E-state index in [0.29, 0.717) is 0 Å². The van der Waals surface area contributed by atoms with E-state index < -0.39 is 0 Å². The standard InChI is InChI=1S/C7H9BNP.H2O/c1-10(2)7-4-3-6(8)5-9-7;/h3-5H,1-2H3;1H2. The van der Waals surface area contributed by atoms with Gasteiger partial charge in [0.25, 0.3) is 0 Å². The minimum Gasteiger partial charge on any atom is -0.412 e. The molecule has 0 saturated heterocycles. The quantitative estimate of drug-likeness (QED) is 0.407. The SMILES string of the molecule is O.[B]c1ccc(P(C)C)nc1. The molecule has 0 bridgehead atoms. The summed E-state index contributed by atoms with van der Waals surface area (Å²) in [5.41, 5.74) is 1.89. The van der Waals surface area contributed by atoms with Gasteiger partial charge in [-0.1, -0.05) is 19.5 Å². The van der Waals surface area contributed by atoms with Gasteiger partial charge in [-0.25, -0.2) is 0 Å². The fourth-order valence-corrected chi connectivity index (χ4v) is 1.32. The molecule has 0 amide bonds. The minimum absolute atomic E-state index is 0. The van der Waals surface area contributed by atoms with Crippen molar-refractivity contribution in [1.82, 2.24) is 4.98 Å². The van der Waals surface area contributed by atoms with Gasteiger partial charge in [0.1, 0.15) is 7.85 Å². The molecule has 0 aromatic carbocycles. The zero-order chi connectivity index (χ0) is 7.56. The molecule has 0 aliphatic carbocycles. The number of pyridine rings is 1. The molecule has 0 atom stereocenters. The van der Waals surface area contributed by atoms with Crippen molar-refractivity contribution in [3.8, 4) is 0 Å². The number of aromatic nitrogens is 1. The fraction of sp³-hybridized carbons (Fsp3) is 0.286. The van der Waals surface area contributed by atoms with Crippen molar-refractivity contribution < 1.29 is 5.48 Å². The Morgan fingerprint density at radius 3 is 2.36 bits per heavy atom. The van der Waals surface area contributed by atoms with E-state index in [0.717, 1.165) is 10.9 Å². The lowest BCUT2D eigenvalue weighted by Gasteiger charge is -2.03. The Labute approximate surface area is 69.5 Å². The molecule has 0 aliphatic heterocycles. The van der Waals surface area contributed by atoms with Crippen LogP contribution in [0.3, 0.4) is 0 Å². The van der Waals surface area contributed by atoms with Crippen LogP contribution in [0.2, 0.25) is 0 Å². The second kappa shape index (κ2) is 4.48. The summed E-state index contributed by atoms with van der Waals surface area (Å²) in [6, 6.07) is 3.88. The average molecular weight is 167 g/mol. The predicted molar refractivity (Wildman–Crippen MR) is 51.6 cm³/mol. The van der Waals surface area contributed by atoms with E-state index in [-0.39, 0.29) is 13.4 Å². The largest absolute Gasteiger partial charge is 0.412 e. The maximum Gasteiger partial charge on any atom is 0.115 e. The van der Waals surface area contributed by atoms with Gasteiger partial charge in [-0.05, 0) is 19.4 Å². The van der Waals surface area contributed by atoms with Crippen LogP contribution in [0.5, 0.6) is 0 Å². The molecule has 0 aliphatic rings. The molecular weight excluding hydrogens is 156 g/mol. The third kappa shape index (κ3) is 3.00. The Hall–Kier alpha value is -0.395. The minimum atomic E-state index is -0.0746. The lowest BCUT2D eigenvalue weighted by Crippen LogP contribution is -2.11. The van der Waals surface area contributed by atoms with Crippen LogP contribution in [0.25, 0.3) is 0 Å². The molecule has 1 rings (SSSR count). The van der Waals surface area contributed by atoms with E-state index in [2.05, 4.69) is 18.3 Å². The van der Waals surface area contributed by atoms with E-state index in [1.54, 1.807) is 6.20 Å². The van der Waals surface area contributed by atoms with Crippen molar-refractivity contribution in [2.45, 2.75) is 0 Å². The Morgan fingerprint density at radius 1 is 1.36 bits per heavy atom. The molecule has 1 aromatic rings. The Morgan fingerprint density at radius 2 is 2.00 bits per heavy atom. The summed E-state index contributed by atoms with van der Waals surface area (Å²) in [7, 11) is 5.40. The lowest BCUT2D eigenvalue weighted by atomic mass is 9.99. The van der Waals surface area contributed by atoms with E-state index in [9.17, 15) is 0 Å². The highest BCUT2D eigenvalue weighted by Crippen LogP contribution is 2.20. The van der Waals surface area contributed by atoms with Crippen LogP contribution in [-0.4, -0.2) is 31.6 Å². The second-order valence-corrected chi connectivity index (χ2v) is 4.59. The van der Waals surface area contributed by atoms with Crippen LogP contribution >= 0.6 is 7.92 Å². The first-order valence-electron chi connectivity index (χ1n) is 3.09. The number of nitrogens with zero attached hydrogens (tertiary/aromatic N) is 1. The van der Waals surface area contributed by atoms with Crippen LogP contribution in [-0.2, 0) is 0 Å². The highest BCUT2D eigenvalue weighted by atomic mass is 31.1. The Balaban J connectivity index is 0.000001000. The summed E-state index contributed by atoms with van der Waals surface area (Å²) in [6.07, 6.45) is 1.71. The van der Waals surface area contributed by atoms with Gasteiger partial charge >= 0.3 is 0 Å². The van der Waals surface area contributed by atoms with E-state index in [1.807, 2.05) is 12.1 Å². The van der Waals surface area contributed by atoms with Crippen molar-refractivity contribution >= 4 is 26.7 Å². The Bertz CT molecular complexity index is 212. The van der Waals surface area contributed by atoms with E-state index in [4.69, 9.17) is 7.85 Å². The molecule has 2 N–H and O–H groups in total. The van der Waals surface area contributed by atoms with Crippen molar-refractivity contribution in [1.29, 1.82) is 0 Å². The zero-order valence-electron chi connectivity index (χ0n) is 6.70. The van der Waals surface area contributed by atoms with Crippen molar-refractivity contribution in [3.05, 3.63) is 18.3 Å². The highest BCUT2D eigenvalue weighted by Gasteiger charge is 1.96. The summed E-state index contributed by atoms with van der Waals surface area (Å²) in [5.74, 6) is 0. The van der Waals surface area contributed by atoms with Gasteiger partial charge in [0.05, 0.1) is 5.44 Å². The van der Waals surface area contributed by atoms with Crippen LogP contribution < -0.4 is 10.9 Å². The van der Waals surface area contributed by atoms with Crippen LogP contribution in [0.1, 0.15) is 0 Å². The van der Waals surface area contributed by atoms with Crippen molar-refractivity contribution in [2.75, 3.05) is 13.3 Å². The smallest absolute Gasteiger partial charge is 0.115 e. The summed E-state index contributed by atoms with van der Waals surface area (Å²) in [4.78, 5) is 4.18. The van der Waals surface area contributed by atoms with E-state index >= 15 is 0 Å². The normalized spacial score (nSPS) is 9.36. The molecule has 1 heterocycles. The summed E-state index contributed by atoms with van der Waals surface area (Å²) >= 11 is 0. The first kappa shape index (κ1) is 10.6. The molecular formula is C7H11BNOP. The van der Waals surface area contributed by atoms with Gasteiger partial charge in [-0.2, -0.15) is 0 Å². The molecule has 11 heavy (non-hydrogen) atoms. The summed E-state index contributed by atoms with van der Waals surface area (Å²) in [5, 5.41) is 0. The van der Waals surface area contributed by atoms with Crippen molar-refractivity contribution in [3.63, 3.8) is 0 Å². The number of hydrogen-bond donors (Lipinski definition) is 0. The topological polar surface area (TPSA) is 44.4 Å². The molecule has 0 spiro atoms. The maximum atomic E-state index is 5.47. The third-order valence-electron chi connectivity index (χ3n) is 1.23. The predicted octanol–water partition coefficient (Wildman–Crippen LogP) is -0.583. The van der Waals surface area contributed by atoms with Gasteiger partial charge < -0.3 is 5.48 Å². The molecule has 1 aromatic heterocycles. The van der Waals surface area contributed by atoms with E-state index in [1.165, 1.54) is 0 Å². The van der Waals surface area contributed by atoms with Crippen LogP contribution in [0, 0.1) is 0 Å². The van der Waals surface area contributed by atoms with Gasteiger partial charge in [0.2, 0.25) is 0 Å². The van der Waals surface area contributed by atoms with Gasteiger partial charge in [-0.3, -0.25) is 4.98 Å². The number of hydrogen-bond acceptors (Lipinski definition) is 1. The maximum absolute atomic E-state index is 5.47. The van der Waals surface area contributed by atoms with Crippen LogP contribution in [0.15, 0.2) is 18.3 Å². The molecule has 2 radical (unpaired) electrons. The lowest BCUT2D eigenvalue weighted by molar-refractivity contribution is 0.824. The molecule has 0 saturated carbocycles. The third-order valence-corrected chi connectivity index (χ3v) is 2.41. The van der Waals surface area contributed by atoms with Crippen molar-refractivity contribution in [2.24, 2.45) is 0 Å². The summed E-state index contributed by atoms with van der Waals surface area (Å²) < 4.78 is 0. The first-order valence-corrected chi connectivity index (χ1v) is 5.32.